The maximum atomic E-state index is 11.6. The van der Waals surface area contributed by atoms with Crippen molar-refractivity contribution in [1.29, 1.82) is 0 Å². The largest absolute Gasteiger partial charge is 0.494 e. The molecule has 0 radical (unpaired) electrons. The summed E-state index contributed by atoms with van der Waals surface area (Å²) >= 11 is 5.41. The second-order valence-corrected chi connectivity index (χ2v) is 8.29. The van der Waals surface area contributed by atoms with Crippen LogP contribution in [0.3, 0.4) is 0 Å². The predicted molar refractivity (Wildman–Crippen MR) is 110 cm³/mol. The number of hydrogen-bond acceptors (Lipinski definition) is 4. The van der Waals surface area contributed by atoms with E-state index in [-0.39, 0.29) is 6.04 Å². The minimum atomic E-state index is -3.20. The van der Waals surface area contributed by atoms with Crippen LogP contribution < -0.4 is 15.4 Å². The Kier molecular flexibility index (Phi) is 6.99. The fourth-order valence-electron chi connectivity index (χ4n) is 2.52. The van der Waals surface area contributed by atoms with Crippen LogP contribution in [0, 0.1) is 0 Å². The quantitative estimate of drug-likeness (QED) is 0.696. The van der Waals surface area contributed by atoms with Crippen molar-refractivity contribution in [3.63, 3.8) is 0 Å². The van der Waals surface area contributed by atoms with Gasteiger partial charge in [0.1, 0.15) is 5.75 Å². The van der Waals surface area contributed by atoms with E-state index in [0.717, 1.165) is 23.4 Å². The molecule has 0 aliphatic rings. The molecule has 5 nitrogen and oxygen atoms in total. The zero-order valence-electron chi connectivity index (χ0n) is 15.2. The van der Waals surface area contributed by atoms with Gasteiger partial charge in [-0.3, -0.25) is 0 Å². The van der Waals surface area contributed by atoms with Crippen LogP contribution in [0.25, 0.3) is 0 Å². The lowest BCUT2D eigenvalue weighted by Crippen LogP contribution is -2.32. The molecule has 0 amide bonds. The molecule has 0 aromatic heterocycles. The number of sulfone groups is 1. The van der Waals surface area contributed by atoms with Crippen molar-refractivity contribution in [2.45, 2.75) is 31.2 Å². The number of thiocarbonyl (C=S) groups is 1. The van der Waals surface area contributed by atoms with Crippen LogP contribution in [0.5, 0.6) is 5.75 Å². The molecular weight excluding hydrogens is 368 g/mol. The van der Waals surface area contributed by atoms with Crippen LogP contribution in [0.2, 0.25) is 0 Å². The number of anilines is 1. The van der Waals surface area contributed by atoms with Gasteiger partial charge in [0.15, 0.2) is 14.9 Å². The Morgan fingerprint density at radius 1 is 1.15 bits per heavy atom. The van der Waals surface area contributed by atoms with Crippen molar-refractivity contribution in [3.8, 4) is 5.75 Å². The molecule has 0 aliphatic carbocycles. The summed E-state index contributed by atoms with van der Waals surface area (Å²) in [6, 6.07) is 14.5. The smallest absolute Gasteiger partial charge is 0.175 e. The maximum Gasteiger partial charge on any atom is 0.175 e. The Labute approximate surface area is 160 Å². The summed E-state index contributed by atoms with van der Waals surface area (Å²) in [4.78, 5) is 0.310. The van der Waals surface area contributed by atoms with Crippen LogP contribution in [-0.2, 0) is 9.84 Å². The lowest BCUT2D eigenvalue weighted by atomic mass is 10.1. The average Bonchev–Trinajstić information content (AvgIpc) is 2.59. The Morgan fingerprint density at radius 3 is 2.42 bits per heavy atom. The van der Waals surface area contributed by atoms with Crippen LogP contribution >= 0.6 is 12.2 Å². The van der Waals surface area contributed by atoms with Gasteiger partial charge in [-0.25, -0.2) is 8.42 Å². The molecule has 0 bridgehead atoms. The van der Waals surface area contributed by atoms with E-state index in [1.54, 1.807) is 12.1 Å². The lowest BCUT2D eigenvalue weighted by molar-refractivity contribution is 0.340. The highest BCUT2D eigenvalue weighted by atomic mass is 32.2. The normalized spacial score (nSPS) is 12.3. The first kappa shape index (κ1) is 20.2. The van der Waals surface area contributed by atoms with Gasteiger partial charge < -0.3 is 15.4 Å². The summed E-state index contributed by atoms with van der Waals surface area (Å²) in [6.45, 7) is 4.58. The number of ether oxygens (including phenoxy) is 1. The van der Waals surface area contributed by atoms with E-state index in [1.165, 1.54) is 6.26 Å². The van der Waals surface area contributed by atoms with Crippen molar-refractivity contribution in [1.82, 2.24) is 5.32 Å². The number of rotatable bonds is 7. The highest BCUT2D eigenvalue weighted by Gasteiger charge is 2.13. The Morgan fingerprint density at radius 2 is 1.85 bits per heavy atom. The topological polar surface area (TPSA) is 67.4 Å². The molecule has 0 saturated heterocycles. The maximum absolute atomic E-state index is 11.6. The summed E-state index contributed by atoms with van der Waals surface area (Å²) < 4.78 is 28.6. The van der Waals surface area contributed by atoms with E-state index in [2.05, 4.69) is 10.6 Å². The van der Waals surface area contributed by atoms with Gasteiger partial charge in [0.2, 0.25) is 0 Å². The summed E-state index contributed by atoms with van der Waals surface area (Å²) in [5.41, 5.74) is 1.82. The van der Waals surface area contributed by atoms with Gasteiger partial charge >= 0.3 is 0 Å². The zero-order chi connectivity index (χ0) is 19.2. The highest BCUT2D eigenvalue weighted by molar-refractivity contribution is 7.90. The van der Waals surface area contributed by atoms with E-state index in [4.69, 9.17) is 17.0 Å². The third-order valence-electron chi connectivity index (χ3n) is 3.83. The van der Waals surface area contributed by atoms with Gasteiger partial charge in [0.25, 0.3) is 0 Å². The second kappa shape index (κ2) is 9.00. The third-order valence-corrected chi connectivity index (χ3v) is 5.18. The average molecular weight is 393 g/mol. The summed E-state index contributed by atoms with van der Waals surface area (Å²) in [5.74, 6) is 0.781. The predicted octanol–water partition coefficient (Wildman–Crippen LogP) is 3.93. The standard InChI is InChI=1S/C19H24N2O3S2/c1-4-18(14-9-11-17(12-10-14)26(3,22)23)21-19(25)20-15-7-6-8-16(13-15)24-5-2/h6-13,18H,4-5H2,1-3H3,(H2,20,21,25)/t18-/m0/s1. The second-order valence-electron chi connectivity index (χ2n) is 5.86. The van der Waals surface area contributed by atoms with Gasteiger partial charge in [-0.15, -0.1) is 0 Å². The molecule has 1 atom stereocenters. The molecule has 0 aliphatic heterocycles. The van der Waals surface area contributed by atoms with Crippen LogP contribution in [0.15, 0.2) is 53.4 Å². The SMILES string of the molecule is CCOc1cccc(NC(=S)N[C@@H](CC)c2ccc(S(C)(=O)=O)cc2)c1. The van der Waals surface area contributed by atoms with Crippen molar-refractivity contribution >= 4 is 32.9 Å². The minimum Gasteiger partial charge on any atom is -0.494 e. The molecule has 26 heavy (non-hydrogen) atoms. The first-order valence-electron chi connectivity index (χ1n) is 8.44. The van der Waals surface area contributed by atoms with E-state index < -0.39 is 9.84 Å². The van der Waals surface area contributed by atoms with E-state index in [9.17, 15) is 8.42 Å². The van der Waals surface area contributed by atoms with Gasteiger partial charge in [-0.1, -0.05) is 25.1 Å². The Bertz CT molecular complexity index is 849. The number of benzene rings is 2. The molecular formula is C19H24N2O3S2. The van der Waals surface area contributed by atoms with Crippen LogP contribution in [0.4, 0.5) is 5.69 Å². The monoisotopic (exact) mass is 392 g/mol. The molecule has 2 aromatic rings. The molecule has 0 heterocycles. The summed E-state index contributed by atoms with van der Waals surface area (Å²) in [5, 5.41) is 6.92. The molecule has 0 fully saturated rings. The molecule has 140 valence electrons. The number of hydrogen-bond donors (Lipinski definition) is 2. The van der Waals surface area contributed by atoms with Gasteiger partial charge in [-0.05, 0) is 55.4 Å². The molecule has 0 spiro atoms. The molecule has 0 unspecified atom stereocenters. The van der Waals surface area contributed by atoms with Gasteiger partial charge in [-0.2, -0.15) is 0 Å². The molecule has 2 rings (SSSR count). The Balaban J connectivity index is 2.05. The van der Waals surface area contributed by atoms with Gasteiger partial charge in [0, 0.05) is 18.0 Å². The van der Waals surface area contributed by atoms with Crippen molar-refractivity contribution in [2.75, 3.05) is 18.2 Å². The number of nitrogens with one attached hydrogen (secondary N) is 2. The molecule has 2 aromatic carbocycles. The molecule has 2 N–H and O–H groups in total. The summed E-state index contributed by atoms with van der Waals surface area (Å²) in [7, 11) is -3.20. The van der Waals surface area contributed by atoms with Crippen molar-refractivity contribution < 1.29 is 13.2 Å². The highest BCUT2D eigenvalue weighted by Crippen LogP contribution is 2.21. The van der Waals surface area contributed by atoms with Crippen molar-refractivity contribution in [3.05, 3.63) is 54.1 Å². The fraction of sp³-hybridized carbons (Fsp3) is 0.316. The Hall–Kier alpha value is -2.12. The lowest BCUT2D eigenvalue weighted by Gasteiger charge is -2.20. The van der Waals surface area contributed by atoms with E-state index in [0.29, 0.717) is 16.6 Å². The first-order valence-corrected chi connectivity index (χ1v) is 10.7. The molecule has 7 heteroatoms. The fourth-order valence-corrected chi connectivity index (χ4v) is 3.41. The molecule has 0 saturated carbocycles. The van der Waals surface area contributed by atoms with Crippen LogP contribution in [-0.4, -0.2) is 26.4 Å². The zero-order valence-corrected chi connectivity index (χ0v) is 16.8. The van der Waals surface area contributed by atoms with Gasteiger partial charge in [0.05, 0.1) is 17.5 Å². The first-order chi connectivity index (χ1) is 12.3. The van der Waals surface area contributed by atoms with E-state index >= 15 is 0 Å². The summed E-state index contributed by atoms with van der Waals surface area (Å²) in [6.07, 6.45) is 2.01. The third kappa shape index (κ3) is 5.71. The van der Waals surface area contributed by atoms with Crippen molar-refractivity contribution in [2.24, 2.45) is 0 Å². The minimum absolute atomic E-state index is 0.0151. The van der Waals surface area contributed by atoms with Crippen LogP contribution in [0.1, 0.15) is 31.9 Å². The van der Waals surface area contributed by atoms with E-state index in [1.807, 2.05) is 50.2 Å².